The highest BCUT2D eigenvalue weighted by atomic mass is 32.1. The standard InChI is InChI=1S/C23H27F3N6OS/c1-13-15(3)34-22-19(13)20(27)29-21(30-22)14(2)32-10-8-31(9-11-32)12-18(33)28-17-7-5-4-6-16(17)23(24,25)26/h4-7,14H,8-12H2,1-3H3,(H,28,33)(H2,27,29,30). The molecule has 182 valence electrons. The van der Waals surface area contributed by atoms with Crippen LogP contribution in [0.2, 0.25) is 0 Å². The van der Waals surface area contributed by atoms with Crippen molar-refractivity contribution in [1.82, 2.24) is 19.8 Å². The van der Waals surface area contributed by atoms with E-state index >= 15 is 0 Å². The Kier molecular flexibility index (Phi) is 6.79. The molecule has 1 aliphatic rings. The summed E-state index contributed by atoms with van der Waals surface area (Å²) in [6.07, 6.45) is -4.53. The van der Waals surface area contributed by atoms with E-state index < -0.39 is 17.6 Å². The Balaban J connectivity index is 1.36. The van der Waals surface area contributed by atoms with Gasteiger partial charge >= 0.3 is 6.18 Å². The molecular formula is C23H27F3N6OS. The number of rotatable bonds is 5. The third-order valence-corrected chi connectivity index (χ3v) is 7.38. The first kappa shape index (κ1) is 24.4. The van der Waals surface area contributed by atoms with Crippen LogP contribution in [0.3, 0.4) is 0 Å². The SMILES string of the molecule is Cc1sc2nc(C(C)N3CCN(CC(=O)Nc4ccccc4C(F)(F)F)CC3)nc(N)c2c1C. The molecule has 1 unspecified atom stereocenters. The number of anilines is 2. The zero-order valence-electron chi connectivity index (χ0n) is 19.2. The summed E-state index contributed by atoms with van der Waals surface area (Å²) in [5, 5.41) is 3.32. The zero-order valence-corrected chi connectivity index (χ0v) is 20.1. The van der Waals surface area contributed by atoms with E-state index in [4.69, 9.17) is 10.7 Å². The Morgan fingerprint density at radius 3 is 2.53 bits per heavy atom. The van der Waals surface area contributed by atoms with Crippen LogP contribution >= 0.6 is 11.3 Å². The van der Waals surface area contributed by atoms with Gasteiger partial charge in [0.05, 0.1) is 29.2 Å². The summed E-state index contributed by atoms with van der Waals surface area (Å²) >= 11 is 1.61. The van der Waals surface area contributed by atoms with Crippen LogP contribution in [0.4, 0.5) is 24.7 Å². The molecule has 1 aliphatic heterocycles. The van der Waals surface area contributed by atoms with Gasteiger partial charge in [0.25, 0.3) is 0 Å². The van der Waals surface area contributed by atoms with Crippen molar-refractivity contribution in [3.05, 3.63) is 46.1 Å². The van der Waals surface area contributed by atoms with Gasteiger partial charge in [0.15, 0.2) is 0 Å². The van der Waals surface area contributed by atoms with Gasteiger partial charge < -0.3 is 11.1 Å². The van der Waals surface area contributed by atoms with Crippen LogP contribution in [0, 0.1) is 13.8 Å². The van der Waals surface area contributed by atoms with Crippen molar-refractivity contribution in [3.8, 4) is 0 Å². The van der Waals surface area contributed by atoms with Crippen molar-refractivity contribution in [1.29, 1.82) is 0 Å². The number of halogens is 3. The van der Waals surface area contributed by atoms with Gasteiger partial charge in [-0.1, -0.05) is 12.1 Å². The van der Waals surface area contributed by atoms with Gasteiger partial charge in [-0.3, -0.25) is 14.6 Å². The Morgan fingerprint density at radius 2 is 1.85 bits per heavy atom. The van der Waals surface area contributed by atoms with Crippen LogP contribution in [0.15, 0.2) is 24.3 Å². The second kappa shape index (κ2) is 9.47. The predicted octanol–water partition coefficient (Wildman–Crippen LogP) is 4.23. The van der Waals surface area contributed by atoms with E-state index in [1.54, 1.807) is 11.3 Å². The number of fused-ring (bicyclic) bond motifs is 1. The Morgan fingerprint density at radius 1 is 1.18 bits per heavy atom. The van der Waals surface area contributed by atoms with E-state index in [9.17, 15) is 18.0 Å². The molecular weight excluding hydrogens is 465 g/mol. The first-order valence-corrected chi connectivity index (χ1v) is 11.8. The first-order chi connectivity index (χ1) is 16.0. The summed E-state index contributed by atoms with van der Waals surface area (Å²) in [6, 6.07) is 4.94. The Hall–Kier alpha value is -2.76. The highest BCUT2D eigenvalue weighted by Crippen LogP contribution is 2.35. The molecule has 1 aromatic carbocycles. The number of amides is 1. The van der Waals surface area contributed by atoms with Gasteiger partial charge in [0.1, 0.15) is 16.5 Å². The lowest BCUT2D eigenvalue weighted by Crippen LogP contribution is -2.49. The lowest BCUT2D eigenvalue weighted by atomic mass is 10.1. The first-order valence-electron chi connectivity index (χ1n) is 11.0. The summed E-state index contributed by atoms with van der Waals surface area (Å²) < 4.78 is 39.5. The number of benzene rings is 1. The summed E-state index contributed by atoms with van der Waals surface area (Å²) in [7, 11) is 0. The molecule has 0 spiro atoms. The van der Waals surface area contributed by atoms with Crippen molar-refractivity contribution in [2.45, 2.75) is 33.0 Å². The minimum Gasteiger partial charge on any atom is -0.383 e. The van der Waals surface area contributed by atoms with Gasteiger partial charge in [-0.15, -0.1) is 11.3 Å². The Labute approximate surface area is 199 Å². The molecule has 1 fully saturated rings. The van der Waals surface area contributed by atoms with E-state index in [-0.39, 0.29) is 18.3 Å². The smallest absolute Gasteiger partial charge is 0.383 e. The number of alkyl halides is 3. The molecule has 7 nitrogen and oxygen atoms in total. The van der Waals surface area contributed by atoms with E-state index in [0.29, 0.717) is 37.8 Å². The number of nitrogens with zero attached hydrogens (tertiary/aromatic N) is 4. The number of carbonyl (C=O) groups is 1. The van der Waals surface area contributed by atoms with Crippen molar-refractivity contribution < 1.29 is 18.0 Å². The highest BCUT2D eigenvalue weighted by molar-refractivity contribution is 7.18. The molecule has 0 radical (unpaired) electrons. The van der Waals surface area contributed by atoms with E-state index in [2.05, 4.69) is 15.2 Å². The molecule has 11 heteroatoms. The van der Waals surface area contributed by atoms with Crippen LogP contribution in [0.25, 0.3) is 10.2 Å². The molecule has 3 aromatic rings. The molecule has 0 aliphatic carbocycles. The molecule has 3 heterocycles. The molecule has 1 atom stereocenters. The fourth-order valence-electron chi connectivity index (χ4n) is 4.19. The van der Waals surface area contributed by atoms with Gasteiger partial charge in [-0.05, 0) is 38.5 Å². The summed E-state index contributed by atoms with van der Waals surface area (Å²) in [5.74, 6) is 0.688. The lowest BCUT2D eigenvalue weighted by molar-refractivity contribution is -0.137. The van der Waals surface area contributed by atoms with Crippen molar-refractivity contribution in [2.75, 3.05) is 43.8 Å². The largest absolute Gasteiger partial charge is 0.418 e. The number of nitrogen functional groups attached to an aromatic ring is 1. The number of hydrogen-bond acceptors (Lipinski definition) is 7. The third-order valence-electron chi connectivity index (χ3n) is 6.28. The molecule has 2 aromatic heterocycles. The molecule has 0 saturated carbocycles. The van der Waals surface area contributed by atoms with Crippen LogP contribution < -0.4 is 11.1 Å². The quantitative estimate of drug-likeness (QED) is 0.555. The van der Waals surface area contributed by atoms with Crippen molar-refractivity contribution >= 4 is 39.0 Å². The van der Waals surface area contributed by atoms with Crippen molar-refractivity contribution in [3.63, 3.8) is 0 Å². The number of thiophene rings is 1. The summed E-state index contributed by atoms with van der Waals surface area (Å²) in [6.45, 7) is 8.69. The monoisotopic (exact) mass is 492 g/mol. The summed E-state index contributed by atoms with van der Waals surface area (Å²) in [5.41, 5.74) is 6.26. The maximum atomic E-state index is 13.2. The van der Waals surface area contributed by atoms with E-state index in [1.807, 2.05) is 25.7 Å². The Bertz CT molecular complexity index is 1200. The van der Waals surface area contributed by atoms with Crippen LogP contribution in [0.1, 0.15) is 34.8 Å². The zero-order chi connectivity index (χ0) is 24.6. The molecule has 0 bridgehead atoms. The van der Waals surface area contributed by atoms with Gasteiger partial charge in [0.2, 0.25) is 5.91 Å². The topological polar surface area (TPSA) is 87.4 Å². The van der Waals surface area contributed by atoms with Crippen LogP contribution in [0.5, 0.6) is 0 Å². The van der Waals surface area contributed by atoms with Gasteiger partial charge in [-0.25, -0.2) is 9.97 Å². The number of aromatic nitrogens is 2. The fraction of sp³-hybridized carbons (Fsp3) is 0.435. The normalized spacial score (nSPS) is 16.6. The van der Waals surface area contributed by atoms with Crippen molar-refractivity contribution in [2.24, 2.45) is 0 Å². The van der Waals surface area contributed by atoms with Gasteiger partial charge in [-0.2, -0.15) is 13.2 Å². The number of nitrogens with one attached hydrogen (secondary N) is 1. The third kappa shape index (κ3) is 5.01. The second-order valence-electron chi connectivity index (χ2n) is 8.51. The maximum absolute atomic E-state index is 13.2. The summed E-state index contributed by atoms with van der Waals surface area (Å²) in [4.78, 5) is 27.9. The molecule has 4 rings (SSSR count). The minimum absolute atomic E-state index is 0.0254. The van der Waals surface area contributed by atoms with Crippen LogP contribution in [-0.4, -0.2) is 58.4 Å². The van der Waals surface area contributed by atoms with E-state index in [0.717, 1.165) is 21.8 Å². The van der Waals surface area contributed by atoms with Gasteiger partial charge in [0, 0.05) is 31.1 Å². The number of carbonyl (C=O) groups excluding carboxylic acids is 1. The minimum atomic E-state index is -4.53. The maximum Gasteiger partial charge on any atom is 0.418 e. The lowest BCUT2D eigenvalue weighted by Gasteiger charge is -2.37. The number of aryl methyl sites for hydroxylation is 2. The second-order valence-corrected chi connectivity index (χ2v) is 9.71. The number of nitrogens with two attached hydrogens (primary N) is 1. The molecule has 1 amide bonds. The highest BCUT2D eigenvalue weighted by Gasteiger charge is 2.34. The number of para-hydroxylation sites is 1. The average Bonchev–Trinajstić information content (AvgIpc) is 3.07. The molecule has 3 N–H and O–H groups in total. The van der Waals surface area contributed by atoms with Crippen LogP contribution in [-0.2, 0) is 11.0 Å². The average molecular weight is 493 g/mol. The number of hydrogen-bond donors (Lipinski definition) is 2. The predicted molar refractivity (Wildman–Crippen MR) is 128 cm³/mol. The molecule has 1 saturated heterocycles. The fourth-order valence-corrected chi connectivity index (χ4v) is 5.23. The van der Waals surface area contributed by atoms with E-state index in [1.165, 1.54) is 23.1 Å². The molecule has 34 heavy (non-hydrogen) atoms. The number of piperazine rings is 1.